The number of carbonyl (C=O) groups excluding carboxylic acids is 2. The van der Waals surface area contributed by atoms with Gasteiger partial charge in [0.05, 0.1) is 5.41 Å². The quantitative estimate of drug-likeness (QED) is 0.212. The van der Waals surface area contributed by atoms with Crippen molar-refractivity contribution in [1.82, 2.24) is 9.97 Å². The van der Waals surface area contributed by atoms with Crippen LogP contribution in [0.3, 0.4) is 0 Å². The van der Waals surface area contributed by atoms with E-state index in [4.69, 9.17) is 8.83 Å². The van der Waals surface area contributed by atoms with Gasteiger partial charge in [0.2, 0.25) is 17.7 Å². The van der Waals surface area contributed by atoms with Crippen molar-refractivity contribution in [2.75, 3.05) is 10.6 Å². The van der Waals surface area contributed by atoms with E-state index in [0.717, 1.165) is 16.6 Å². The number of aromatic nitrogens is 2. The summed E-state index contributed by atoms with van der Waals surface area (Å²) in [5, 5.41) is 5.91. The molecule has 0 fully saturated rings. The molecule has 210 valence electrons. The molecule has 6 aromatic rings. The molecule has 1 unspecified atom stereocenters. The first-order valence-corrected chi connectivity index (χ1v) is 13.9. The van der Waals surface area contributed by atoms with Crippen LogP contribution in [0.1, 0.15) is 29.6 Å². The summed E-state index contributed by atoms with van der Waals surface area (Å²) in [6, 6.07) is 29.3. The van der Waals surface area contributed by atoms with Crippen LogP contribution in [0.25, 0.3) is 39.2 Å². The summed E-state index contributed by atoms with van der Waals surface area (Å²) in [6.07, 6.45) is 6.13. The van der Waals surface area contributed by atoms with Crippen LogP contribution in [-0.2, 0) is 4.79 Å². The summed E-state index contributed by atoms with van der Waals surface area (Å²) in [6.45, 7) is 1.89. The van der Waals surface area contributed by atoms with E-state index >= 15 is 0 Å². The predicted molar refractivity (Wildman–Crippen MR) is 166 cm³/mol. The normalized spacial score (nSPS) is 16.3. The number of amides is 2. The van der Waals surface area contributed by atoms with E-state index in [0.29, 0.717) is 51.9 Å². The third-order valence-corrected chi connectivity index (χ3v) is 7.47. The van der Waals surface area contributed by atoms with Crippen LogP contribution in [0.4, 0.5) is 11.4 Å². The Bertz CT molecular complexity index is 2000. The highest BCUT2D eigenvalue weighted by atomic mass is 16.4. The van der Waals surface area contributed by atoms with Crippen molar-refractivity contribution in [2.45, 2.75) is 13.3 Å². The van der Waals surface area contributed by atoms with Crippen molar-refractivity contribution in [1.29, 1.82) is 0 Å². The Labute approximate surface area is 246 Å². The van der Waals surface area contributed by atoms with E-state index in [2.05, 4.69) is 20.6 Å². The fraction of sp³-hybridized carbons (Fsp3) is 0.0857. The molecule has 2 aromatic heterocycles. The first-order valence-electron chi connectivity index (χ1n) is 13.9. The summed E-state index contributed by atoms with van der Waals surface area (Å²) >= 11 is 0. The maximum absolute atomic E-state index is 13.4. The number of nitrogens with zero attached hydrogens (tertiary/aromatic N) is 2. The maximum atomic E-state index is 13.4. The molecule has 0 radical (unpaired) electrons. The highest BCUT2D eigenvalue weighted by Crippen LogP contribution is 2.37. The highest BCUT2D eigenvalue weighted by Gasteiger charge is 2.34. The van der Waals surface area contributed by atoms with Crippen LogP contribution in [0.15, 0.2) is 124 Å². The number of hydrogen-bond acceptors (Lipinski definition) is 6. The largest absolute Gasteiger partial charge is 0.436 e. The Balaban J connectivity index is 1.00. The molecular weight excluding hydrogens is 540 g/mol. The molecule has 0 spiro atoms. The van der Waals surface area contributed by atoms with Gasteiger partial charge in [0.25, 0.3) is 5.91 Å². The molecule has 1 aliphatic carbocycles. The number of oxazole rings is 2. The first kappa shape index (κ1) is 26.2. The smallest absolute Gasteiger partial charge is 0.255 e. The predicted octanol–water partition coefficient (Wildman–Crippen LogP) is 7.88. The monoisotopic (exact) mass is 566 g/mol. The number of carbonyl (C=O) groups is 2. The van der Waals surface area contributed by atoms with Crippen molar-refractivity contribution in [3.05, 3.63) is 127 Å². The zero-order valence-electron chi connectivity index (χ0n) is 23.2. The summed E-state index contributed by atoms with van der Waals surface area (Å²) in [4.78, 5) is 35.5. The first-order chi connectivity index (χ1) is 20.9. The molecular formula is C35H26N4O4. The van der Waals surface area contributed by atoms with Gasteiger partial charge in [0.15, 0.2) is 11.2 Å². The lowest BCUT2D eigenvalue weighted by Gasteiger charge is -2.27. The van der Waals surface area contributed by atoms with E-state index in [1.165, 1.54) is 0 Å². The van der Waals surface area contributed by atoms with Gasteiger partial charge in [-0.1, -0.05) is 48.6 Å². The molecule has 1 aliphatic rings. The van der Waals surface area contributed by atoms with E-state index in [9.17, 15) is 9.59 Å². The summed E-state index contributed by atoms with van der Waals surface area (Å²) in [5.41, 5.74) is 5.39. The van der Waals surface area contributed by atoms with Crippen LogP contribution in [0.2, 0.25) is 0 Å². The summed E-state index contributed by atoms with van der Waals surface area (Å²) < 4.78 is 11.8. The molecule has 0 saturated heterocycles. The zero-order valence-corrected chi connectivity index (χ0v) is 23.2. The number of benzene rings is 4. The van der Waals surface area contributed by atoms with Crippen molar-refractivity contribution < 1.29 is 18.4 Å². The molecule has 0 aliphatic heterocycles. The lowest BCUT2D eigenvalue weighted by molar-refractivity contribution is -0.122. The second-order valence-electron chi connectivity index (χ2n) is 10.7. The minimum absolute atomic E-state index is 0.154. The number of fused-ring (bicyclic) bond motifs is 2. The molecule has 2 heterocycles. The second-order valence-corrected chi connectivity index (χ2v) is 10.7. The fourth-order valence-electron chi connectivity index (χ4n) is 5.11. The third kappa shape index (κ3) is 5.22. The molecule has 2 amide bonds. The summed E-state index contributed by atoms with van der Waals surface area (Å²) in [7, 11) is 0. The number of nitrogens with one attached hydrogen (secondary N) is 2. The minimum atomic E-state index is -0.794. The fourth-order valence-corrected chi connectivity index (χ4v) is 5.11. The standard InChI is InChI=1S/C35H26N4O4/c1-35(19-7-10-24(21-35)33-39-28-12-3-5-14-30(28)43-33)34(41)37-26-17-15-25(16-18-26)36-31(40)22-8-6-9-23(20-22)32-38-27-11-2-4-13-29(27)42-32/h2-20H,21H2,1H3,(H,36,40)(H,37,41). The van der Waals surface area contributed by atoms with Crippen LogP contribution < -0.4 is 10.6 Å². The van der Waals surface area contributed by atoms with Gasteiger partial charge >= 0.3 is 0 Å². The lowest BCUT2D eigenvalue weighted by atomic mass is 9.79. The maximum Gasteiger partial charge on any atom is 0.255 e. The Kier molecular flexibility index (Phi) is 6.43. The van der Waals surface area contributed by atoms with Crippen molar-refractivity contribution >= 4 is 51.0 Å². The highest BCUT2D eigenvalue weighted by molar-refractivity contribution is 6.05. The van der Waals surface area contributed by atoms with Gasteiger partial charge in [-0.2, -0.15) is 0 Å². The Morgan fingerprint density at radius 1 is 0.744 bits per heavy atom. The molecule has 1 atom stereocenters. The molecule has 43 heavy (non-hydrogen) atoms. The Morgan fingerprint density at radius 2 is 1.37 bits per heavy atom. The van der Waals surface area contributed by atoms with Gasteiger partial charge in [-0.25, -0.2) is 9.97 Å². The molecule has 0 bridgehead atoms. The summed E-state index contributed by atoms with van der Waals surface area (Å²) in [5.74, 6) is 0.546. The van der Waals surface area contributed by atoms with E-state index in [1.807, 2.05) is 79.7 Å². The number of hydrogen-bond donors (Lipinski definition) is 2. The molecule has 2 N–H and O–H groups in total. The van der Waals surface area contributed by atoms with Gasteiger partial charge in [0.1, 0.15) is 11.0 Å². The number of allylic oxidation sites excluding steroid dienone is 3. The van der Waals surface area contributed by atoms with Crippen molar-refractivity contribution in [3.8, 4) is 11.5 Å². The second kappa shape index (κ2) is 10.6. The van der Waals surface area contributed by atoms with Crippen LogP contribution >= 0.6 is 0 Å². The molecule has 0 saturated carbocycles. The van der Waals surface area contributed by atoms with Gasteiger partial charge in [0, 0.05) is 28.1 Å². The van der Waals surface area contributed by atoms with E-state index in [1.54, 1.807) is 42.5 Å². The SMILES string of the molecule is CC1(C(=O)Nc2ccc(NC(=O)c3cccc(-c4nc5ccccc5o4)c3)cc2)C=CC=C(c2nc3ccccc3o2)C1. The molecule has 8 nitrogen and oxygen atoms in total. The number of anilines is 2. The molecule has 4 aromatic carbocycles. The van der Waals surface area contributed by atoms with Gasteiger partial charge in [-0.15, -0.1) is 0 Å². The van der Waals surface area contributed by atoms with E-state index in [-0.39, 0.29) is 11.8 Å². The number of rotatable bonds is 6. The van der Waals surface area contributed by atoms with Crippen LogP contribution in [0.5, 0.6) is 0 Å². The number of para-hydroxylation sites is 4. The van der Waals surface area contributed by atoms with Crippen LogP contribution in [0, 0.1) is 5.41 Å². The molecule has 8 heteroatoms. The van der Waals surface area contributed by atoms with Crippen LogP contribution in [-0.4, -0.2) is 21.8 Å². The topological polar surface area (TPSA) is 110 Å². The Morgan fingerprint density at radius 3 is 2.07 bits per heavy atom. The minimum Gasteiger partial charge on any atom is -0.436 e. The zero-order chi connectivity index (χ0) is 29.4. The average molecular weight is 567 g/mol. The van der Waals surface area contributed by atoms with Crippen molar-refractivity contribution in [3.63, 3.8) is 0 Å². The van der Waals surface area contributed by atoms with E-state index < -0.39 is 5.41 Å². The molecule has 7 rings (SSSR count). The average Bonchev–Trinajstić information content (AvgIpc) is 3.67. The third-order valence-electron chi connectivity index (χ3n) is 7.47. The lowest BCUT2D eigenvalue weighted by Crippen LogP contribution is -2.33. The van der Waals surface area contributed by atoms with Crippen molar-refractivity contribution in [2.24, 2.45) is 5.41 Å². The van der Waals surface area contributed by atoms with Gasteiger partial charge < -0.3 is 19.5 Å². The van der Waals surface area contributed by atoms with Gasteiger partial charge in [-0.3, -0.25) is 9.59 Å². The van der Waals surface area contributed by atoms with Gasteiger partial charge in [-0.05, 0) is 80.1 Å². The Hall–Kier alpha value is -5.76.